The maximum atomic E-state index is 5.95. The lowest BCUT2D eigenvalue weighted by atomic mass is 10.2. The number of hydrogen-bond donors (Lipinski definition) is 1. The summed E-state index contributed by atoms with van der Waals surface area (Å²) < 4.78 is 2.81. The lowest BCUT2D eigenvalue weighted by Crippen LogP contribution is -2.10. The number of hydrogen-bond acceptors (Lipinski definition) is 2. The predicted octanol–water partition coefficient (Wildman–Crippen LogP) is 3.31. The van der Waals surface area contributed by atoms with E-state index in [1.54, 1.807) is 12.5 Å². The van der Waals surface area contributed by atoms with Gasteiger partial charge in [0.1, 0.15) is 0 Å². The van der Waals surface area contributed by atoms with Crippen LogP contribution in [0, 0.1) is 0 Å². The Morgan fingerprint density at radius 1 is 1.50 bits per heavy atom. The Labute approximate surface area is 107 Å². The fraction of sp³-hybridized carbons (Fsp3) is 0.182. The van der Waals surface area contributed by atoms with Crippen LogP contribution in [0.3, 0.4) is 0 Å². The molecule has 84 valence electrons. The lowest BCUT2D eigenvalue weighted by molar-refractivity contribution is 0.752. The number of aromatic nitrogens is 2. The highest BCUT2D eigenvalue weighted by molar-refractivity contribution is 9.10. The van der Waals surface area contributed by atoms with Gasteiger partial charge >= 0.3 is 0 Å². The van der Waals surface area contributed by atoms with Crippen LogP contribution in [0.5, 0.6) is 0 Å². The Morgan fingerprint density at radius 2 is 2.25 bits per heavy atom. The van der Waals surface area contributed by atoms with Crippen LogP contribution >= 0.6 is 27.5 Å². The van der Waals surface area contributed by atoms with Crippen molar-refractivity contribution in [2.75, 3.05) is 0 Å². The Balaban J connectivity index is 2.50. The normalized spacial score (nSPS) is 12.8. The van der Waals surface area contributed by atoms with Crippen molar-refractivity contribution in [3.8, 4) is 5.69 Å². The number of halogens is 2. The van der Waals surface area contributed by atoms with Crippen molar-refractivity contribution in [3.63, 3.8) is 0 Å². The maximum absolute atomic E-state index is 5.95. The molecule has 0 saturated carbocycles. The average Bonchev–Trinajstić information content (AvgIpc) is 2.71. The largest absolute Gasteiger partial charge is 0.323 e. The van der Waals surface area contributed by atoms with Crippen LogP contribution in [-0.2, 0) is 0 Å². The Morgan fingerprint density at radius 3 is 2.88 bits per heavy atom. The van der Waals surface area contributed by atoms with Gasteiger partial charge in [0, 0.05) is 16.2 Å². The first-order valence-corrected chi connectivity index (χ1v) is 6.00. The van der Waals surface area contributed by atoms with Crippen molar-refractivity contribution in [3.05, 3.63) is 45.9 Å². The molecule has 16 heavy (non-hydrogen) atoms. The van der Waals surface area contributed by atoms with E-state index in [4.69, 9.17) is 17.3 Å². The Hall–Kier alpha value is -0.840. The number of benzene rings is 1. The molecule has 1 aromatic heterocycles. The third-order valence-electron chi connectivity index (χ3n) is 2.31. The van der Waals surface area contributed by atoms with E-state index in [0.29, 0.717) is 5.02 Å². The third kappa shape index (κ3) is 2.14. The van der Waals surface area contributed by atoms with Gasteiger partial charge < -0.3 is 10.3 Å². The fourth-order valence-electron chi connectivity index (χ4n) is 1.49. The van der Waals surface area contributed by atoms with Gasteiger partial charge in [0.25, 0.3) is 0 Å². The third-order valence-corrected chi connectivity index (χ3v) is 3.53. The first kappa shape index (κ1) is 11.6. The predicted molar refractivity (Wildman–Crippen MR) is 68.9 cm³/mol. The molecule has 5 heteroatoms. The van der Waals surface area contributed by atoms with Crippen LogP contribution in [0.4, 0.5) is 0 Å². The van der Waals surface area contributed by atoms with Crippen molar-refractivity contribution in [1.82, 2.24) is 9.55 Å². The molecule has 2 N–H and O–H groups in total. The SMILES string of the molecule is C[C@H](N)c1cncn1-c1ccc(Cl)c(Br)c1. The second kappa shape index (κ2) is 4.57. The van der Waals surface area contributed by atoms with Gasteiger partial charge in [0.15, 0.2) is 0 Å². The molecule has 1 atom stereocenters. The van der Waals surface area contributed by atoms with Crippen molar-refractivity contribution in [2.45, 2.75) is 13.0 Å². The minimum Gasteiger partial charge on any atom is -0.323 e. The molecule has 0 aliphatic carbocycles. The van der Waals surface area contributed by atoms with E-state index in [1.807, 2.05) is 29.7 Å². The van der Waals surface area contributed by atoms with Crippen LogP contribution in [0.1, 0.15) is 18.7 Å². The summed E-state index contributed by atoms with van der Waals surface area (Å²) in [4.78, 5) is 4.11. The minimum absolute atomic E-state index is 0.0584. The number of nitrogens with two attached hydrogens (primary N) is 1. The first-order valence-electron chi connectivity index (χ1n) is 4.83. The molecule has 0 aliphatic rings. The zero-order valence-electron chi connectivity index (χ0n) is 8.69. The van der Waals surface area contributed by atoms with Crippen molar-refractivity contribution in [1.29, 1.82) is 0 Å². The molecule has 1 heterocycles. The second-order valence-corrected chi connectivity index (χ2v) is 4.84. The summed E-state index contributed by atoms with van der Waals surface area (Å²) in [6.07, 6.45) is 3.52. The van der Waals surface area contributed by atoms with E-state index >= 15 is 0 Å². The standard InChI is InChI=1S/C11H11BrClN3/c1-7(14)11-5-15-6-16(11)8-2-3-10(13)9(12)4-8/h2-7H,14H2,1H3/t7-/m0/s1. The van der Waals surface area contributed by atoms with Gasteiger partial charge in [-0.05, 0) is 41.1 Å². The lowest BCUT2D eigenvalue weighted by Gasteiger charge is -2.11. The highest BCUT2D eigenvalue weighted by Crippen LogP contribution is 2.26. The van der Waals surface area contributed by atoms with E-state index in [-0.39, 0.29) is 6.04 Å². The number of nitrogens with zero attached hydrogens (tertiary/aromatic N) is 2. The Kier molecular flexibility index (Phi) is 3.33. The van der Waals surface area contributed by atoms with Crippen LogP contribution < -0.4 is 5.73 Å². The molecular weight excluding hydrogens is 289 g/mol. The zero-order valence-corrected chi connectivity index (χ0v) is 11.0. The number of rotatable bonds is 2. The summed E-state index contributed by atoms with van der Waals surface area (Å²) in [7, 11) is 0. The summed E-state index contributed by atoms with van der Waals surface area (Å²) in [5.74, 6) is 0. The summed E-state index contributed by atoms with van der Waals surface area (Å²) in [6.45, 7) is 1.93. The summed E-state index contributed by atoms with van der Waals surface area (Å²) in [5, 5.41) is 0.686. The van der Waals surface area contributed by atoms with Crippen molar-refractivity contribution >= 4 is 27.5 Å². The highest BCUT2D eigenvalue weighted by Gasteiger charge is 2.09. The topological polar surface area (TPSA) is 43.8 Å². The first-order chi connectivity index (χ1) is 7.59. The fourth-order valence-corrected chi connectivity index (χ4v) is 1.98. The summed E-state index contributed by atoms with van der Waals surface area (Å²) in [5.41, 5.74) is 7.82. The molecule has 0 amide bonds. The van der Waals surface area contributed by atoms with Crippen LogP contribution in [0.2, 0.25) is 5.02 Å². The molecule has 0 aliphatic heterocycles. The van der Waals surface area contributed by atoms with Gasteiger partial charge in [-0.25, -0.2) is 4.98 Å². The van der Waals surface area contributed by atoms with Crippen molar-refractivity contribution < 1.29 is 0 Å². The monoisotopic (exact) mass is 299 g/mol. The summed E-state index contributed by atoms with van der Waals surface area (Å²) >= 11 is 9.34. The zero-order chi connectivity index (χ0) is 11.7. The van der Waals surface area contributed by atoms with E-state index in [1.165, 1.54) is 0 Å². The van der Waals surface area contributed by atoms with Gasteiger partial charge in [-0.15, -0.1) is 0 Å². The molecule has 0 radical (unpaired) electrons. The maximum Gasteiger partial charge on any atom is 0.0994 e. The second-order valence-electron chi connectivity index (χ2n) is 3.58. The van der Waals surface area contributed by atoms with Gasteiger partial charge in [0.05, 0.1) is 23.2 Å². The molecule has 0 fully saturated rings. The van der Waals surface area contributed by atoms with Crippen LogP contribution in [0.25, 0.3) is 5.69 Å². The molecule has 2 rings (SSSR count). The highest BCUT2D eigenvalue weighted by atomic mass is 79.9. The van der Waals surface area contributed by atoms with Gasteiger partial charge in [-0.3, -0.25) is 0 Å². The molecule has 0 unspecified atom stereocenters. The Bertz CT molecular complexity index is 508. The van der Waals surface area contributed by atoms with Gasteiger partial charge in [0.2, 0.25) is 0 Å². The summed E-state index contributed by atoms with van der Waals surface area (Å²) in [6, 6.07) is 5.65. The molecule has 2 aromatic rings. The van der Waals surface area contributed by atoms with Crippen molar-refractivity contribution in [2.24, 2.45) is 5.73 Å². The molecule has 0 spiro atoms. The van der Waals surface area contributed by atoms with E-state index in [9.17, 15) is 0 Å². The molecule has 0 bridgehead atoms. The van der Waals surface area contributed by atoms with E-state index < -0.39 is 0 Å². The molecule has 3 nitrogen and oxygen atoms in total. The molecule has 1 aromatic carbocycles. The van der Waals surface area contributed by atoms with E-state index in [2.05, 4.69) is 20.9 Å². The molecular formula is C11H11BrClN3. The van der Waals surface area contributed by atoms with E-state index in [0.717, 1.165) is 15.9 Å². The van der Waals surface area contributed by atoms with Crippen LogP contribution in [-0.4, -0.2) is 9.55 Å². The molecule has 0 saturated heterocycles. The smallest absolute Gasteiger partial charge is 0.0994 e. The average molecular weight is 301 g/mol. The minimum atomic E-state index is -0.0584. The quantitative estimate of drug-likeness (QED) is 0.924. The number of imidazole rings is 1. The van der Waals surface area contributed by atoms with Gasteiger partial charge in [-0.2, -0.15) is 0 Å². The van der Waals surface area contributed by atoms with Crippen LogP contribution in [0.15, 0.2) is 35.2 Å². The van der Waals surface area contributed by atoms with Gasteiger partial charge in [-0.1, -0.05) is 11.6 Å².